The van der Waals surface area contributed by atoms with Crippen LogP contribution in [-0.2, 0) is 24.3 Å². The molecule has 362 valence electrons. The largest absolute Gasteiger partial charge is 0.628 e. The maximum absolute atomic E-state index is 9.44. The first-order chi connectivity index (χ1) is 37.4. The van der Waals surface area contributed by atoms with Gasteiger partial charge in [0.2, 0.25) is 0 Å². The van der Waals surface area contributed by atoms with Gasteiger partial charge in [-0.3, -0.25) is 9.97 Å². The van der Waals surface area contributed by atoms with Crippen molar-refractivity contribution in [3.8, 4) is 45.0 Å². The standard InChI is InChI=1S/C65H41N7.C3H6O.Zn/c1-5-17-44(18-6-1)61-52-31-32-53(68-52)62(45-19-7-2-8-20-45)55-35-36-57(70-55)64(47-23-11-4-12-24-47)65-49(41-60(72-65)63(46-21-9-3-10-22-46)56-34-33-54(61)69-56)43-29-27-42(28-30-43)48-39-58(50-25-13-15-37-66-50)71-59(40-48)51-26-14-16-38-67-51;1-3(2)4;/h1-41H;1-2H3;. The number of carbonyl (C=O) groups excluding carboxylic acids is 1. The molecule has 0 N–H and O–H groups in total. The average Bonchev–Trinajstić information content (AvgIpc) is 4.33. The molecule has 0 amide bonds. The van der Waals surface area contributed by atoms with Gasteiger partial charge in [-0.2, -0.15) is 0 Å². The molecule has 8 nitrogen and oxygen atoms in total. The molecule has 5 aromatic carbocycles. The number of hydrogen-bond acceptors (Lipinski definition) is 4. The molecule has 8 heterocycles. The summed E-state index contributed by atoms with van der Waals surface area (Å²) in [5.41, 5.74) is 17.7. The molecule has 0 saturated carbocycles. The first-order valence-electron chi connectivity index (χ1n) is 25.2. The van der Waals surface area contributed by atoms with Gasteiger partial charge in [-0.05, 0) is 192 Å². The molecule has 0 radical (unpaired) electrons. The number of carbonyl (C=O) groups is 1. The van der Waals surface area contributed by atoms with Crippen LogP contribution < -0.4 is 19.9 Å². The van der Waals surface area contributed by atoms with E-state index in [-0.39, 0.29) is 25.3 Å². The minimum Gasteiger partial charge on any atom is -0.628 e. The summed E-state index contributed by atoms with van der Waals surface area (Å²) in [4.78, 5) is 46.0. The molecular formula is C68H47N7OZn. The van der Waals surface area contributed by atoms with Crippen molar-refractivity contribution >= 4 is 5.78 Å². The third-order valence-electron chi connectivity index (χ3n) is 13.2. The van der Waals surface area contributed by atoms with E-state index in [1.165, 1.54) is 13.8 Å². The fourth-order valence-electron chi connectivity index (χ4n) is 9.82. The Morgan fingerprint density at radius 1 is 0.338 bits per heavy atom. The quantitative estimate of drug-likeness (QED) is 0.109. The van der Waals surface area contributed by atoms with Gasteiger partial charge in [-0.25, -0.2) is 4.98 Å². The third-order valence-corrected chi connectivity index (χ3v) is 13.2. The second-order valence-electron chi connectivity index (χ2n) is 18.6. The number of Topliss-reactive ketones (excluding diaryl/α,β-unsaturated/α-hetero) is 1. The Balaban J connectivity index is 0.00000122. The molecule has 0 unspecified atom stereocenters. The second-order valence-corrected chi connectivity index (χ2v) is 18.6. The Hall–Kier alpha value is -9.56. The van der Waals surface area contributed by atoms with E-state index in [4.69, 9.17) is 24.9 Å². The maximum Gasteiger partial charge on any atom is 0.126 e. The molecule has 1 aliphatic heterocycles. The summed E-state index contributed by atoms with van der Waals surface area (Å²) in [6.07, 6.45) is 3.59. The number of benzene rings is 5. The Kier molecular flexibility index (Phi) is 14.3. The van der Waals surface area contributed by atoms with Crippen LogP contribution in [0.15, 0.2) is 249 Å². The number of ketones is 1. The van der Waals surface area contributed by atoms with Gasteiger partial charge >= 0.3 is 0 Å². The Labute approximate surface area is 461 Å². The van der Waals surface area contributed by atoms with Crippen molar-refractivity contribution < 1.29 is 24.3 Å². The Morgan fingerprint density at radius 3 is 1.05 bits per heavy atom. The summed E-state index contributed by atoms with van der Waals surface area (Å²) in [6, 6.07) is 81.4. The zero-order chi connectivity index (χ0) is 51.4. The van der Waals surface area contributed by atoms with Crippen molar-refractivity contribution in [2.45, 2.75) is 13.8 Å². The molecule has 13 rings (SSSR count). The first kappa shape index (κ1) is 49.6. The summed E-state index contributed by atoms with van der Waals surface area (Å²) < 4.78 is 0. The number of hydrogen-bond donors (Lipinski definition) is 0. The van der Waals surface area contributed by atoms with Crippen LogP contribution in [0.5, 0.6) is 0 Å². The van der Waals surface area contributed by atoms with Crippen molar-refractivity contribution in [3.63, 3.8) is 0 Å². The fourth-order valence-corrected chi connectivity index (χ4v) is 9.82. The van der Waals surface area contributed by atoms with E-state index in [0.717, 1.165) is 137 Å². The van der Waals surface area contributed by atoms with Crippen molar-refractivity contribution in [2.24, 2.45) is 0 Å². The van der Waals surface area contributed by atoms with Crippen LogP contribution in [0.2, 0.25) is 0 Å². The van der Waals surface area contributed by atoms with Crippen molar-refractivity contribution in [2.75, 3.05) is 0 Å². The summed E-state index contributed by atoms with van der Waals surface area (Å²) in [7, 11) is 0. The van der Waals surface area contributed by atoms with E-state index >= 15 is 0 Å². The van der Waals surface area contributed by atoms with Gasteiger partial charge in [-0.15, -0.1) is 0 Å². The molecular weight excluding hydrogens is 996 g/mol. The van der Waals surface area contributed by atoms with Crippen LogP contribution in [0.25, 0.3) is 45.0 Å². The summed E-state index contributed by atoms with van der Waals surface area (Å²) >= 11 is 0. The fraction of sp³-hybridized carbons (Fsp3) is 0.0294. The Bertz CT molecular complexity index is 3810. The van der Waals surface area contributed by atoms with Crippen LogP contribution in [0, 0.1) is 23.7 Å². The number of aromatic nitrogens is 7. The molecule has 77 heavy (non-hydrogen) atoms. The van der Waals surface area contributed by atoms with Crippen LogP contribution in [0.4, 0.5) is 0 Å². The van der Waals surface area contributed by atoms with Gasteiger partial charge in [0.05, 0.1) is 50.6 Å². The normalized spacial score (nSPS) is 11.9. The van der Waals surface area contributed by atoms with Crippen molar-refractivity contribution in [3.05, 3.63) is 340 Å². The third kappa shape index (κ3) is 10.3. The van der Waals surface area contributed by atoms with Gasteiger partial charge < -0.3 is 24.7 Å². The smallest absolute Gasteiger partial charge is 0.126 e. The van der Waals surface area contributed by atoms with Crippen LogP contribution in [0.1, 0.15) is 81.7 Å². The summed E-state index contributed by atoms with van der Waals surface area (Å²) in [5, 5.41) is 0. The SMILES string of the molecule is CC(C)=O.[Zn].c1ccc([C+]2c3ccc([n-]3)[C+](c3ccccc3)c3ccc([n-]3)[C+](c3ccccc3)c3[n-]c(cc3-c3ccc(-c4cc(-c5ccccn5)nc(-c5ccccn5)c4)cc3)[C+](c3ccccc3)c3ccc2[n-]3)cc1. The summed E-state index contributed by atoms with van der Waals surface area (Å²) in [6.45, 7) is 3.06. The second kappa shape index (κ2) is 22.1. The minimum absolute atomic E-state index is 0. The molecule has 9 heteroatoms. The predicted molar refractivity (Wildman–Crippen MR) is 298 cm³/mol. The minimum atomic E-state index is 0. The molecule has 0 spiro atoms. The number of fused-ring (bicyclic) bond motifs is 8. The van der Waals surface area contributed by atoms with Gasteiger partial charge in [0.25, 0.3) is 0 Å². The van der Waals surface area contributed by atoms with E-state index in [1.807, 2.05) is 60.7 Å². The zero-order valence-corrected chi connectivity index (χ0v) is 45.4. The van der Waals surface area contributed by atoms with Crippen LogP contribution in [0.3, 0.4) is 0 Å². The van der Waals surface area contributed by atoms with Crippen molar-refractivity contribution in [1.82, 2.24) is 34.9 Å². The monoisotopic (exact) mass is 1040 g/mol. The number of rotatable bonds is 8. The van der Waals surface area contributed by atoms with Crippen LogP contribution >= 0.6 is 0 Å². The molecule has 0 saturated heterocycles. The van der Waals surface area contributed by atoms with E-state index < -0.39 is 0 Å². The van der Waals surface area contributed by atoms with E-state index in [1.54, 1.807) is 12.4 Å². The molecule has 7 aromatic heterocycles. The maximum atomic E-state index is 9.44. The topological polar surface area (TPSA) is 112 Å². The number of pyridine rings is 3. The molecule has 12 aromatic rings. The van der Waals surface area contributed by atoms with Crippen LogP contribution in [-0.4, -0.2) is 20.7 Å². The number of nitrogens with zero attached hydrogens (tertiary/aromatic N) is 7. The average molecular weight is 1040 g/mol. The summed E-state index contributed by atoms with van der Waals surface area (Å²) in [5.74, 6) is 3.89. The predicted octanol–water partition coefficient (Wildman–Crippen LogP) is 13.4. The molecule has 0 aliphatic carbocycles. The van der Waals surface area contributed by atoms with Gasteiger partial charge in [0, 0.05) is 152 Å². The van der Waals surface area contributed by atoms with E-state index in [9.17, 15) is 4.79 Å². The van der Waals surface area contributed by atoms with Gasteiger partial charge in [0.1, 0.15) is 5.78 Å². The molecule has 0 fully saturated rings. The first-order valence-corrected chi connectivity index (χ1v) is 25.2. The molecule has 0 atom stereocenters. The Morgan fingerprint density at radius 2 is 0.675 bits per heavy atom. The van der Waals surface area contributed by atoms with Crippen molar-refractivity contribution in [1.29, 1.82) is 0 Å². The van der Waals surface area contributed by atoms with E-state index in [0.29, 0.717) is 0 Å². The van der Waals surface area contributed by atoms with E-state index in [2.05, 4.69) is 186 Å². The molecule has 8 bridgehead atoms. The molecule has 1 aliphatic rings. The zero-order valence-electron chi connectivity index (χ0n) is 42.4. The van der Waals surface area contributed by atoms with Gasteiger partial charge in [0.15, 0.2) is 0 Å². The van der Waals surface area contributed by atoms with Gasteiger partial charge in [-0.1, -0.05) is 24.3 Å².